The molecule has 3 nitrogen and oxygen atoms in total. The number of aryl methyl sites for hydroxylation is 2. The van der Waals surface area contributed by atoms with Crippen LogP contribution in [0.2, 0.25) is 0 Å². The molecule has 0 radical (unpaired) electrons. The van der Waals surface area contributed by atoms with E-state index in [2.05, 4.69) is 66.4 Å². The standard InChI is InChI=1S/C21H26N2OS2/c1-5-16-9-7-10-17(6-2)20(16)22-21-23(15(3)13-24-4)18(14-26-21)19-11-8-12-25-19/h7-12,14-15H,5-6,13H2,1-4H3. The number of aromatic nitrogens is 1. The van der Waals surface area contributed by atoms with Crippen LogP contribution in [0.4, 0.5) is 5.69 Å². The number of thiazole rings is 1. The molecule has 0 aliphatic heterocycles. The van der Waals surface area contributed by atoms with E-state index in [-0.39, 0.29) is 6.04 Å². The molecule has 26 heavy (non-hydrogen) atoms. The predicted molar refractivity (Wildman–Crippen MR) is 113 cm³/mol. The van der Waals surface area contributed by atoms with Crippen LogP contribution in [-0.4, -0.2) is 18.3 Å². The number of benzene rings is 1. The summed E-state index contributed by atoms with van der Waals surface area (Å²) in [6.45, 7) is 7.25. The second-order valence-electron chi connectivity index (χ2n) is 6.30. The summed E-state index contributed by atoms with van der Waals surface area (Å²) in [7, 11) is 1.76. The number of thiophene rings is 1. The summed E-state index contributed by atoms with van der Waals surface area (Å²) in [5, 5.41) is 4.34. The van der Waals surface area contributed by atoms with E-state index in [1.807, 2.05) is 0 Å². The van der Waals surface area contributed by atoms with Gasteiger partial charge in [0.25, 0.3) is 0 Å². The lowest BCUT2D eigenvalue weighted by Gasteiger charge is -2.16. The van der Waals surface area contributed by atoms with Crippen LogP contribution < -0.4 is 4.80 Å². The van der Waals surface area contributed by atoms with Crippen molar-refractivity contribution in [3.63, 3.8) is 0 Å². The molecular weight excluding hydrogens is 360 g/mol. The van der Waals surface area contributed by atoms with Crippen LogP contribution in [-0.2, 0) is 17.6 Å². The Morgan fingerprint density at radius 2 is 1.81 bits per heavy atom. The van der Waals surface area contributed by atoms with E-state index >= 15 is 0 Å². The molecule has 0 fully saturated rings. The molecule has 0 bridgehead atoms. The first kappa shape index (κ1) is 19.1. The van der Waals surface area contributed by atoms with Crippen LogP contribution in [0.5, 0.6) is 0 Å². The highest BCUT2D eigenvalue weighted by atomic mass is 32.1. The number of hydrogen-bond donors (Lipinski definition) is 0. The van der Waals surface area contributed by atoms with Crippen molar-refractivity contribution >= 4 is 28.4 Å². The molecule has 0 saturated heterocycles. The first-order valence-corrected chi connectivity index (χ1v) is 10.8. The monoisotopic (exact) mass is 386 g/mol. The van der Waals surface area contributed by atoms with E-state index < -0.39 is 0 Å². The normalized spacial score (nSPS) is 13.3. The molecule has 5 heteroatoms. The Balaban J connectivity index is 2.21. The molecule has 3 rings (SSSR count). The van der Waals surface area contributed by atoms with Gasteiger partial charge in [-0.2, -0.15) is 0 Å². The molecule has 0 amide bonds. The fourth-order valence-electron chi connectivity index (χ4n) is 3.20. The van der Waals surface area contributed by atoms with Crippen molar-refractivity contribution in [1.82, 2.24) is 4.57 Å². The molecule has 0 aliphatic carbocycles. The fourth-order valence-corrected chi connectivity index (χ4v) is 5.01. The van der Waals surface area contributed by atoms with E-state index in [0.717, 1.165) is 23.3 Å². The van der Waals surface area contributed by atoms with Gasteiger partial charge in [-0.3, -0.25) is 0 Å². The quantitative estimate of drug-likeness (QED) is 0.501. The van der Waals surface area contributed by atoms with Crippen LogP contribution in [0.15, 0.2) is 46.1 Å². The van der Waals surface area contributed by atoms with Crippen molar-refractivity contribution in [3.05, 3.63) is 57.0 Å². The first-order chi connectivity index (χ1) is 12.7. The third-order valence-electron chi connectivity index (χ3n) is 4.54. The van der Waals surface area contributed by atoms with Crippen molar-refractivity contribution < 1.29 is 4.74 Å². The van der Waals surface area contributed by atoms with Gasteiger partial charge in [0.05, 0.1) is 28.9 Å². The van der Waals surface area contributed by atoms with Crippen molar-refractivity contribution in [2.45, 2.75) is 39.7 Å². The zero-order valence-corrected chi connectivity index (χ0v) is 17.5. The summed E-state index contributed by atoms with van der Waals surface area (Å²) in [6, 6.07) is 11.0. The van der Waals surface area contributed by atoms with E-state index in [1.165, 1.54) is 21.7 Å². The van der Waals surface area contributed by atoms with Gasteiger partial charge < -0.3 is 9.30 Å². The van der Waals surface area contributed by atoms with Gasteiger partial charge in [-0.1, -0.05) is 38.1 Å². The summed E-state index contributed by atoms with van der Waals surface area (Å²) in [6.07, 6.45) is 1.98. The smallest absolute Gasteiger partial charge is 0.190 e. The Kier molecular flexibility index (Phi) is 6.46. The molecule has 0 N–H and O–H groups in total. The van der Waals surface area contributed by atoms with E-state index in [0.29, 0.717) is 6.61 Å². The third kappa shape index (κ3) is 3.85. The van der Waals surface area contributed by atoms with Gasteiger partial charge in [-0.05, 0) is 42.3 Å². The molecule has 138 valence electrons. The highest BCUT2D eigenvalue weighted by Gasteiger charge is 2.15. The van der Waals surface area contributed by atoms with Crippen LogP contribution >= 0.6 is 22.7 Å². The number of hydrogen-bond acceptors (Lipinski definition) is 4. The lowest BCUT2D eigenvalue weighted by atomic mass is 10.0. The highest BCUT2D eigenvalue weighted by Crippen LogP contribution is 2.29. The molecular formula is C21H26N2OS2. The average molecular weight is 387 g/mol. The predicted octanol–water partition coefficient (Wildman–Crippen LogP) is 5.84. The first-order valence-electron chi connectivity index (χ1n) is 9.07. The van der Waals surface area contributed by atoms with Crippen molar-refractivity contribution in [1.29, 1.82) is 0 Å². The van der Waals surface area contributed by atoms with Gasteiger partial charge in [0.2, 0.25) is 0 Å². The minimum Gasteiger partial charge on any atom is -0.383 e. The zero-order chi connectivity index (χ0) is 18.5. The molecule has 1 aromatic carbocycles. The molecule has 0 aliphatic rings. The number of para-hydroxylation sites is 1. The number of nitrogens with zero attached hydrogens (tertiary/aromatic N) is 2. The van der Waals surface area contributed by atoms with Crippen LogP contribution in [0.25, 0.3) is 10.6 Å². The molecule has 3 aromatic rings. The fraction of sp³-hybridized carbons (Fsp3) is 0.381. The Hall–Kier alpha value is -1.69. The minimum absolute atomic E-state index is 0.223. The molecule has 0 saturated carbocycles. The van der Waals surface area contributed by atoms with Crippen molar-refractivity contribution in [2.75, 3.05) is 13.7 Å². The van der Waals surface area contributed by atoms with Gasteiger partial charge >= 0.3 is 0 Å². The molecule has 1 atom stereocenters. The second kappa shape index (κ2) is 8.80. The van der Waals surface area contributed by atoms with E-state index in [4.69, 9.17) is 9.73 Å². The molecule has 1 unspecified atom stereocenters. The Bertz CT molecular complexity index is 884. The van der Waals surface area contributed by atoms with E-state index in [9.17, 15) is 0 Å². The van der Waals surface area contributed by atoms with Gasteiger partial charge in [-0.25, -0.2) is 4.99 Å². The molecule has 0 spiro atoms. The third-order valence-corrected chi connectivity index (χ3v) is 6.27. The van der Waals surface area contributed by atoms with Crippen molar-refractivity contribution in [2.24, 2.45) is 4.99 Å². The largest absolute Gasteiger partial charge is 0.383 e. The molecule has 2 aromatic heterocycles. The van der Waals surface area contributed by atoms with E-state index in [1.54, 1.807) is 29.8 Å². The Morgan fingerprint density at radius 1 is 1.08 bits per heavy atom. The molecule has 2 heterocycles. The van der Waals surface area contributed by atoms with Crippen LogP contribution in [0.3, 0.4) is 0 Å². The van der Waals surface area contributed by atoms with Gasteiger partial charge in [-0.15, -0.1) is 22.7 Å². The zero-order valence-electron chi connectivity index (χ0n) is 15.9. The van der Waals surface area contributed by atoms with Crippen LogP contribution in [0, 0.1) is 0 Å². The maximum atomic E-state index is 5.44. The summed E-state index contributed by atoms with van der Waals surface area (Å²) < 4.78 is 7.77. The summed E-state index contributed by atoms with van der Waals surface area (Å²) in [5.41, 5.74) is 4.97. The Morgan fingerprint density at radius 3 is 2.38 bits per heavy atom. The van der Waals surface area contributed by atoms with Gasteiger partial charge in [0.1, 0.15) is 0 Å². The van der Waals surface area contributed by atoms with Gasteiger partial charge in [0, 0.05) is 12.5 Å². The summed E-state index contributed by atoms with van der Waals surface area (Å²) in [5.74, 6) is 0. The lowest BCUT2D eigenvalue weighted by Crippen LogP contribution is -2.23. The topological polar surface area (TPSA) is 26.5 Å². The minimum atomic E-state index is 0.223. The van der Waals surface area contributed by atoms with Gasteiger partial charge in [0.15, 0.2) is 4.80 Å². The highest BCUT2D eigenvalue weighted by molar-refractivity contribution is 7.14. The lowest BCUT2D eigenvalue weighted by molar-refractivity contribution is 0.162. The Labute approximate surface area is 163 Å². The number of rotatable bonds is 7. The second-order valence-corrected chi connectivity index (χ2v) is 8.08. The number of ether oxygens (including phenoxy) is 1. The maximum Gasteiger partial charge on any atom is 0.190 e. The van der Waals surface area contributed by atoms with Crippen molar-refractivity contribution in [3.8, 4) is 10.6 Å². The average Bonchev–Trinajstić information content (AvgIpc) is 3.31. The van der Waals surface area contributed by atoms with Crippen LogP contribution in [0.1, 0.15) is 37.9 Å². The number of methoxy groups -OCH3 is 1. The summed E-state index contributed by atoms with van der Waals surface area (Å²) >= 11 is 3.47. The summed E-state index contributed by atoms with van der Waals surface area (Å²) in [4.78, 5) is 7.45. The SMILES string of the molecule is CCc1cccc(CC)c1N=c1scc(-c2cccs2)n1C(C)COC. The maximum absolute atomic E-state index is 5.44.